The zero-order chi connectivity index (χ0) is 14.4. The normalized spacial score (nSPS) is 10.7. The Kier molecular flexibility index (Phi) is 4.73. The maximum Gasteiger partial charge on any atom is 0.328 e. The quantitative estimate of drug-likeness (QED) is 0.829. The Morgan fingerprint density at radius 3 is 2.70 bits per heavy atom. The SMILES string of the molecule is COc1ccc(OCc2ncc(/C=C/C(=O)O)s2)cc1. The molecule has 0 aliphatic rings. The van der Waals surface area contributed by atoms with Crippen LogP contribution in [-0.2, 0) is 11.4 Å². The number of aromatic nitrogens is 1. The second-order valence-electron chi connectivity index (χ2n) is 3.79. The maximum absolute atomic E-state index is 10.4. The lowest BCUT2D eigenvalue weighted by Crippen LogP contribution is -1.94. The highest BCUT2D eigenvalue weighted by atomic mass is 32.1. The zero-order valence-corrected chi connectivity index (χ0v) is 11.6. The second kappa shape index (κ2) is 6.72. The van der Waals surface area contributed by atoms with Gasteiger partial charge in [0.05, 0.1) is 7.11 Å². The second-order valence-corrected chi connectivity index (χ2v) is 4.94. The largest absolute Gasteiger partial charge is 0.497 e. The van der Waals surface area contributed by atoms with Gasteiger partial charge in [-0.3, -0.25) is 0 Å². The van der Waals surface area contributed by atoms with Crippen LogP contribution in [0.3, 0.4) is 0 Å². The van der Waals surface area contributed by atoms with Crippen molar-refractivity contribution in [2.45, 2.75) is 6.61 Å². The Morgan fingerprint density at radius 2 is 2.05 bits per heavy atom. The number of benzene rings is 1. The Morgan fingerprint density at radius 1 is 1.35 bits per heavy atom. The van der Waals surface area contributed by atoms with Gasteiger partial charge < -0.3 is 14.6 Å². The van der Waals surface area contributed by atoms with Gasteiger partial charge in [-0.05, 0) is 30.3 Å². The van der Waals surface area contributed by atoms with E-state index < -0.39 is 5.97 Å². The lowest BCUT2D eigenvalue weighted by atomic mass is 10.3. The van der Waals surface area contributed by atoms with Crippen LogP contribution in [0.1, 0.15) is 9.88 Å². The molecule has 6 heteroatoms. The maximum atomic E-state index is 10.4. The minimum atomic E-state index is -0.977. The predicted octanol–water partition coefficient (Wildman–Crippen LogP) is 2.83. The molecule has 0 aliphatic heterocycles. The molecule has 0 amide bonds. The number of aliphatic carboxylic acids is 1. The van der Waals surface area contributed by atoms with Gasteiger partial charge in [-0.25, -0.2) is 9.78 Å². The number of rotatable bonds is 6. The van der Waals surface area contributed by atoms with Gasteiger partial charge in [0.2, 0.25) is 0 Å². The molecule has 1 aromatic heterocycles. The standard InChI is InChI=1S/C14H13NO4S/c1-18-10-2-4-11(5-3-10)19-9-13-15-8-12(20-13)6-7-14(16)17/h2-8H,9H2,1H3,(H,16,17)/b7-6+. The van der Waals surface area contributed by atoms with Crippen LogP contribution in [0.5, 0.6) is 11.5 Å². The van der Waals surface area contributed by atoms with Gasteiger partial charge in [-0.15, -0.1) is 11.3 Å². The summed E-state index contributed by atoms with van der Waals surface area (Å²) in [5, 5.41) is 9.32. The van der Waals surface area contributed by atoms with Crippen molar-refractivity contribution in [3.8, 4) is 11.5 Å². The molecule has 2 rings (SSSR count). The minimum absolute atomic E-state index is 0.345. The van der Waals surface area contributed by atoms with Crippen LogP contribution < -0.4 is 9.47 Å². The number of carboxylic acids is 1. The van der Waals surface area contributed by atoms with E-state index in [1.165, 1.54) is 17.4 Å². The molecule has 1 aromatic carbocycles. The molecule has 0 radical (unpaired) electrons. The molecule has 20 heavy (non-hydrogen) atoms. The third kappa shape index (κ3) is 4.10. The average Bonchev–Trinajstić information content (AvgIpc) is 2.91. The Bertz CT molecular complexity index is 604. The number of hydrogen-bond donors (Lipinski definition) is 1. The number of methoxy groups -OCH3 is 1. The van der Waals surface area contributed by atoms with Crippen LogP contribution in [0.25, 0.3) is 6.08 Å². The first-order valence-corrected chi connectivity index (χ1v) is 6.61. The highest BCUT2D eigenvalue weighted by molar-refractivity contribution is 7.12. The van der Waals surface area contributed by atoms with E-state index in [0.29, 0.717) is 6.61 Å². The highest BCUT2D eigenvalue weighted by Gasteiger charge is 2.02. The fourth-order valence-corrected chi connectivity index (χ4v) is 2.18. The number of hydrogen-bond acceptors (Lipinski definition) is 5. The van der Waals surface area contributed by atoms with Crippen LogP contribution in [0.2, 0.25) is 0 Å². The first-order valence-electron chi connectivity index (χ1n) is 5.80. The summed E-state index contributed by atoms with van der Waals surface area (Å²) < 4.78 is 10.6. The van der Waals surface area contributed by atoms with Crippen molar-refractivity contribution in [1.29, 1.82) is 0 Å². The molecule has 0 bridgehead atoms. The summed E-state index contributed by atoms with van der Waals surface area (Å²) in [6.45, 7) is 0.345. The molecular formula is C14H13NO4S. The first-order chi connectivity index (χ1) is 9.67. The molecule has 0 saturated heterocycles. The molecule has 1 N–H and O–H groups in total. The van der Waals surface area contributed by atoms with E-state index in [1.807, 2.05) is 24.3 Å². The van der Waals surface area contributed by atoms with Gasteiger partial charge in [0, 0.05) is 17.2 Å². The molecule has 0 atom stereocenters. The number of nitrogens with zero attached hydrogens (tertiary/aromatic N) is 1. The van der Waals surface area contributed by atoms with Crippen LogP contribution in [0.15, 0.2) is 36.5 Å². The van der Waals surface area contributed by atoms with E-state index in [4.69, 9.17) is 14.6 Å². The lowest BCUT2D eigenvalue weighted by molar-refractivity contribution is -0.131. The number of carboxylic acid groups (broad SMARTS) is 1. The van der Waals surface area contributed by atoms with Crippen molar-refractivity contribution in [3.63, 3.8) is 0 Å². The summed E-state index contributed by atoms with van der Waals surface area (Å²) in [6.07, 6.45) is 4.22. The monoisotopic (exact) mass is 291 g/mol. The Labute approximate surface area is 120 Å². The van der Waals surface area contributed by atoms with Gasteiger partial charge in [-0.2, -0.15) is 0 Å². The topological polar surface area (TPSA) is 68.7 Å². The Balaban J connectivity index is 1.91. The van der Waals surface area contributed by atoms with Crippen LogP contribution in [-0.4, -0.2) is 23.2 Å². The summed E-state index contributed by atoms with van der Waals surface area (Å²) in [5.74, 6) is 0.519. The summed E-state index contributed by atoms with van der Waals surface area (Å²) in [4.78, 5) is 15.4. The van der Waals surface area contributed by atoms with E-state index in [2.05, 4.69) is 4.98 Å². The van der Waals surface area contributed by atoms with Crippen LogP contribution >= 0.6 is 11.3 Å². The molecule has 0 aliphatic carbocycles. The fraction of sp³-hybridized carbons (Fsp3) is 0.143. The minimum Gasteiger partial charge on any atom is -0.497 e. The van der Waals surface area contributed by atoms with Gasteiger partial charge in [0.1, 0.15) is 23.1 Å². The van der Waals surface area contributed by atoms with Crippen molar-refractivity contribution >= 4 is 23.4 Å². The summed E-state index contributed by atoms with van der Waals surface area (Å²) in [7, 11) is 1.61. The van der Waals surface area contributed by atoms with E-state index in [1.54, 1.807) is 13.3 Å². The van der Waals surface area contributed by atoms with E-state index >= 15 is 0 Å². The fourth-order valence-electron chi connectivity index (χ4n) is 1.44. The number of ether oxygens (including phenoxy) is 2. The third-order valence-corrected chi connectivity index (χ3v) is 3.32. The molecule has 0 fully saturated rings. The molecule has 0 unspecified atom stereocenters. The smallest absolute Gasteiger partial charge is 0.328 e. The molecular weight excluding hydrogens is 278 g/mol. The van der Waals surface area contributed by atoms with Gasteiger partial charge in [0.25, 0.3) is 0 Å². The summed E-state index contributed by atoms with van der Waals surface area (Å²) in [5.41, 5.74) is 0. The average molecular weight is 291 g/mol. The third-order valence-electron chi connectivity index (χ3n) is 2.38. The molecule has 5 nitrogen and oxygen atoms in total. The molecule has 0 spiro atoms. The lowest BCUT2D eigenvalue weighted by Gasteiger charge is -2.04. The molecule has 0 saturated carbocycles. The van der Waals surface area contributed by atoms with Crippen LogP contribution in [0, 0.1) is 0 Å². The van der Waals surface area contributed by atoms with Crippen molar-refractivity contribution in [2.75, 3.05) is 7.11 Å². The van der Waals surface area contributed by atoms with E-state index in [9.17, 15) is 4.79 Å². The van der Waals surface area contributed by atoms with Crippen LogP contribution in [0.4, 0.5) is 0 Å². The number of thiazole rings is 1. The first kappa shape index (κ1) is 14.1. The van der Waals surface area contributed by atoms with Gasteiger partial charge in [0.15, 0.2) is 0 Å². The van der Waals surface area contributed by atoms with Crippen molar-refractivity contribution < 1.29 is 19.4 Å². The summed E-state index contributed by atoms with van der Waals surface area (Å²) >= 11 is 1.39. The predicted molar refractivity (Wildman–Crippen MR) is 76.1 cm³/mol. The zero-order valence-electron chi connectivity index (χ0n) is 10.8. The van der Waals surface area contributed by atoms with Gasteiger partial charge >= 0.3 is 5.97 Å². The van der Waals surface area contributed by atoms with E-state index in [-0.39, 0.29) is 0 Å². The van der Waals surface area contributed by atoms with E-state index in [0.717, 1.165) is 27.5 Å². The van der Waals surface area contributed by atoms with Crippen molar-refractivity contribution in [2.24, 2.45) is 0 Å². The van der Waals surface area contributed by atoms with Gasteiger partial charge in [-0.1, -0.05) is 0 Å². The Hall–Kier alpha value is -2.34. The molecule has 2 aromatic rings. The van der Waals surface area contributed by atoms with Crippen molar-refractivity contribution in [3.05, 3.63) is 46.4 Å². The summed E-state index contributed by atoms with van der Waals surface area (Å²) in [6, 6.07) is 7.27. The highest BCUT2D eigenvalue weighted by Crippen LogP contribution is 2.20. The molecule has 1 heterocycles. The molecule has 104 valence electrons. The number of carbonyl (C=O) groups is 1. The van der Waals surface area contributed by atoms with Crippen molar-refractivity contribution in [1.82, 2.24) is 4.98 Å².